The van der Waals surface area contributed by atoms with E-state index in [1.807, 2.05) is 12.1 Å². The first-order valence-corrected chi connectivity index (χ1v) is 5.94. The lowest BCUT2D eigenvalue weighted by Gasteiger charge is -2.01. The number of halogens is 2. The van der Waals surface area contributed by atoms with Gasteiger partial charge in [-0.15, -0.1) is 0 Å². The summed E-state index contributed by atoms with van der Waals surface area (Å²) in [5, 5.41) is 0. The van der Waals surface area contributed by atoms with E-state index >= 15 is 0 Å². The molecule has 0 saturated heterocycles. The van der Waals surface area contributed by atoms with Crippen LogP contribution in [-0.2, 0) is 0 Å². The minimum absolute atomic E-state index is 0.477. The lowest BCUT2D eigenvalue weighted by Crippen LogP contribution is -1.99. The molecule has 0 bridgehead atoms. The normalized spacial score (nSPS) is 10.3. The lowest BCUT2D eigenvalue weighted by molar-refractivity contribution is 1.13. The summed E-state index contributed by atoms with van der Waals surface area (Å²) in [5.41, 5.74) is 6.40. The summed E-state index contributed by atoms with van der Waals surface area (Å²) >= 11 is 5.40. The number of hydrogen-bond acceptors (Lipinski definition) is 4. The van der Waals surface area contributed by atoms with Crippen molar-refractivity contribution >= 4 is 44.3 Å². The second kappa shape index (κ2) is 4.40. The van der Waals surface area contributed by atoms with E-state index in [1.165, 1.54) is 0 Å². The van der Waals surface area contributed by atoms with Crippen LogP contribution in [0.5, 0.6) is 0 Å². The van der Waals surface area contributed by atoms with Crippen LogP contribution < -0.4 is 5.73 Å². The van der Waals surface area contributed by atoms with E-state index in [0.717, 1.165) is 8.04 Å². The van der Waals surface area contributed by atoms with Crippen LogP contribution in [0.25, 0.3) is 11.5 Å². The van der Waals surface area contributed by atoms with Crippen molar-refractivity contribution in [2.24, 2.45) is 0 Å². The largest absolute Gasteiger partial charge is 0.383 e. The summed E-state index contributed by atoms with van der Waals surface area (Å²) in [6.07, 6.45) is 3.38. The SMILES string of the molecule is Nc1nc(-c2ccc(Br)cn2)ncc1I. The number of pyridine rings is 1. The summed E-state index contributed by atoms with van der Waals surface area (Å²) < 4.78 is 1.76. The van der Waals surface area contributed by atoms with Crippen LogP contribution in [0.2, 0.25) is 0 Å². The van der Waals surface area contributed by atoms with Crippen LogP contribution in [0.15, 0.2) is 29.0 Å². The highest BCUT2D eigenvalue weighted by Gasteiger charge is 2.05. The molecular weight excluding hydrogens is 371 g/mol. The standard InChI is InChI=1S/C9H6BrIN4/c10-5-1-2-7(13-3-5)9-14-4-6(11)8(12)15-9/h1-4H,(H2,12,14,15). The third kappa shape index (κ3) is 2.43. The Morgan fingerprint density at radius 1 is 1.20 bits per heavy atom. The molecule has 2 rings (SSSR count). The maximum Gasteiger partial charge on any atom is 0.180 e. The highest BCUT2D eigenvalue weighted by Crippen LogP contribution is 2.18. The van der Waals surface area contributed by atoms with Crippen LogP contribution >= 0.6 is 38.5 Å². The van der Waals surface area contributed by atoms with Gasteiger partial charge in [0.05, 0.1) is 3.57 Å². The van der Waals surface area contributed by atoms with Gasteiger partial charge in [0.15, 0.2) is 5.82 Å². The van der Waals surface area contributed by atoms with Crippen molar-refractivity contribution in [3.8, 4) is 11.5 Å². The predicted molar refractivity (Wildman–Crippen MR) is 70.1 cm³/mol. The molecular formula is C9H6BrIN4. The predicted octanol–water partition coefficient (Wildman–Crippen LogP) is 2.49. The molecule has 2 heterocycles. The Balaban J connectivity index is 2.45. The number of aromatic nitrogens is 3. The number of nitrogens with zero attached hydrogens (tertiary/aromatic N) is 3. The summed E-state index contributed by atoms with van der Waals surface area (Å²) in [5.74, 6) is 1.02. The average molecular weight is 377 g/mol. The molecule has 0 atom stereocenters. The van der Waals surface area contributed by atoms with Crippen molar-refractivity contribution in [3.63, 3.8) is 0 Å². The number of anilines is 1. The molecule has 2 N–H and O–H groups in total. The van der Waals surface area contributed by atoms with E-state index in [1.54, 1.807) is 12.4 Å². The zero-order chi connectivity index (χ0) is 10.8. The first kappa shape index (κ1) is 10.7. The molecule has 2 aromatic rings. The van der Waals surface area contributed by atoms with Gasteiger partial charge in [0.25, 0.3) is 0 Å². The Kier molecular flexibility index (Phi) is 3.15. The van der Waals surface area contributed by atoms with E-state index in [0.29, 0.717) is 17.3 Å². The quantitative estimate of drug-likeness (QED) is 0.776. The Morgan fingerprint density at radius 2 is 2.00 bits per heavy atom. The topological polar surface area (TPSA) is 64.7 Å². The molecule has 0 amide bonds. The van der Waals surface area contributed by atoms with Crippen molar-refractivity contribution in [1.82, 2.24) is 15.0 Å². The van der Waals surface area contributed by atoms with E-state index in [4.69, 9.17) is 5.73 Å². The molecule has 2 aromatic heterocycles. The molecule has 0 radical (unpaired) electrons. The number of hydrogen-bond donors (Lipinski definition) is 1. The number of rotatable bonds is 1. The van der Waals surface area contributed by atoms with E-state index in [2.05, 4.69) is 53.5 Å². The van der Waals surface area contributed by atoms with Crippen LogP contribution in [0, 0.1) is 3.57 Å². The van der Waals surface area contributed by atoms with Gasteiger partial charge in [-0.3, -0.25) is 4.98 Å². The second-order valence-electron chi connectivity index (χ2n) is 2.79. The molecule has 0 spiro atoms. The minimum Gasteiger partial charge on any atom is -0.383 e. The van der Waals surface area contributed by atoms with Crippen LogP contribution in [-0.4, -0.2) is 15.0 Å². The summed E-state index contributed by atoms with van der Waals surface area (Å²) in [7, 11) is 0. The highest BCUT2D eigenvalue weighted by atomic mass is 127. The Labute approximate surface area is 109 Å². The van der Waals surface area contributed by atoms with Crippen molar-refractivity contribution in [2.45, 2.75) is 0 Å². The summed E-state index contributed by atoms with van der Waals surface area (Å²) in [6.45, 7) is 0. The molecule has 0 unspecified atom stereocenters. The maximum atomic E-state index is 5.69. The fraction of sp³-hybridized carbons (Fsp3) is 0. The zero-order valence-electron chi connectivity index (χ0n) is 7.48. The van der Waals surface area contributed by atoms with Gasteiger partial charge in [-0.25, -0.2) is 9.97 Å². The van der Waals surface area contributed by atoms with Crippen molar-refractivity contribution < 1.29 is 0 Å². The molecule has 76 valence electrons. The van der Waals surface area contributed by atoms with Gasteiger partial charge in [-0.1, -0.05) is 0 Å². The molecule has 0 aromatic carbocycles. The molecule has 0 saturated carbocycles. The van der Waals surface area contributed by atoms with E-state index in [-0.39, 0.29) is 0 Å². The summed E-state index contributed by atoms with van der Waals surface area (Å²) in [6, 6.07) is 3.73. The number of nitrogens with two attached hydrogens (primary N) is 1. The van der Waals surface area contributed by atoms with Crippen molar-refractivity contribution in [2.75, 3.05) is 5.73 Å². The second-order valence-corrected chi connectivity index (χ2v) is 4.87. The molecule has 4 nitrogen and oxygen atoms in total. The van der Waals surface area contributed by atoms with Gasteiger partial charge in [0, 0.05) is 16.9 Å². The maximum absolute atomic E-state index is 5.69. The van der Waals surface area contributed by atoms with Crippen molar-refractivity contribution in [3.05, 3.63) is 32.6 Å². The lowest BCUT2D eigenvalue weighted by atomic mass is 10.3. The Bertz CT molecular complexity index is 486. The van der Waals surface area contributed by atoms with Crippen LogP contribution in [0.4, 0.5) is 5.82 Å². The minimum atomic E-state index is 0.477. The van der Waals surface area contributed by atoms with Crippen LogP contribution in [0.1, 0.15) is 0 Å². The molecule has 0 aliphatic heterocycles. The van der Waals surface area contributed by atoms with Gasteiger partial charge >= 0.3 is 0 Å². The Morgan fingerprint density at radius 3 is 2.60 bits per heavy atom. The van der Waals surface area contributed by atoms with Gasteiger partial charge < -0.3 is 5.73 Å². The Hall–Kier alpha value is -0.760. The fourth-order valence-electron chi connectivity index (χ4n) is 1.01. The average Bonchev–Trinajstić information content (AvgIpc) is 2.23. The molecule has 15 heavy (non-hydrogen) atoms. The van der Waals surface area contributed by atoms with Gasteiger partial charge in [-0.05, 0) is 50.7 Å². The number of nitrogen functional groups attached to an aromatic ring is 1. The third-order valence-electron chi connectivity index (χ3n) is 1.73. The molecule has 6 heteroatoms. The summed E-state index contributed by atoms with van der Waals surface area (Å²) in [4.78, 5) is 12.5. The highest BCUT2D eigenvalue weighted by molar-refractivity contribution is 14.1. The van der Waals surface area contributed by atoms with Gasteiger partial charge in [0.1, 0.15) is 11.5 Å². The fourth-order valence-corrected chi connectivity index (χ4v) is 1.51. The van der Waals surface area contributed by atoms with E-state index in [9.17, 15) is 0 Å². The van der Waals surface area contributed by atoms with E-state index < -0.39 is 0 Å². The first-order valence-electron chi connectivity index (χ1n) is 4.07. The molecule has 0 aliphatic rings. The molecule has 0 fully saturated rings. The zero-order valence-corrected chi connectivity index (χ0v) is 11.2. The monoisotopic (exact) mass is 376 g/mol. The van der Waals surface area contributed by atoms with Gasteiger partial charge in [-0.2, -0.15) is 0 Å². The molecule has 0 aliphatic carbocycles. The first-order chi connectivity index (χ1) is 7.16. The van der Waals surface area contributed by atoms with Crippen molar-refractivity contribution in [1.29, 1.82) is 0 Å². The van der Waals surface area contributed by atoms with Crippen LogP contribution in [0.3, 0.4) is 0 Å². The third-order valence-corrected chi connectivity index (χ3v) is 3.03. The smallest absolute Gasteiger partial charge is 0.180 e. The van der Waals surface area contributed by atoms with Gasteiger partial charge in [0.2, 0.25) is 0 Å².